The number of rotatable bonds is 19. The van der Waals surface area contributed by atoms with Crippen molar-refractivity contribution in [3.05, 3.63) is 24.5 Å². The SMILES string of the molecule is C=C/C(=C\OC)C(=O)NCC(=O)NC(C=O)C(C)(C)C.CC.CCC.CCCCNC(=O)C(=O)[C@H](CCC)NC=O.CCNC1CCCCC1CC. The second-order valence-corrected chi connectivity index (χ2v) is 13.2. The van der Waals surface area contributed by atoms with Gasteiger partial charge in [-0.3, -0.25) is 24.0 Å². The molecule has 1 rings (SSSR count). The van der Waals surface area contributed by atoms with Gasteiger partial charge >= 0.3 is 0 Å². The molecule has 12 heteroatoms. The fraction of sp³-hybridized carbons (Fsp3) is 0.750. The Labute approximate surface area is 316 Å². The predicted octanol–water partition coefficient (Wildman–Crippen LogP) is 5.94. The molecule has 0 aromatic carbocycles. The Morgan fingerprint density at radius 3 is 1.94 bits per heavy atom. The van der Waals surface area contributed by atoms with Crippen LogP contribution >= 0.6 is 0 Å². The number of Topliss-reactive ketones (excluding diaryl/α,β-unsaturated/α-hetero) is 1. The molecule has 12 nitrogen and oxygen atoms in total. The highest BCUT2D eigenvalue weighted by molar-refractivity contribution is 6.38. The van der Waals surface area contributed by atoms with Crippen molar-refractivity contribution in [2.75, 3.05) is 26.7 Å². The van der Waals surface area contributed by atoms with Crippen molar-refractivity contribution in [2.45, 2.75) is 158 Å². The molecule has 0 bridgehead atoms. The van der Waals surface area contributed by atoms with Gasteiger partial charge in [-0.25, -0.2) is 0 Å². The van der Waals surface area contributed by atoms with Gasteiger partial charge in [0.25, 0.3) is 11.8 Å². The van der Waals surface area contributed by atoms with Crippen LogP contribution < -0.4 is 26.6 Å². The van der Waals surface area contributed by atoms with Gasteiger partial charge in [-0.05, 0) is 43.6 Å². The maximum absolute atomic E-state index is 11.7. The molecular formula is C40H77N5O7. The summed E-state index contributed by atoms with van der Waals surface area (Å²) in [6, 6.07) is -0.469. The van der Waals surface area contributed by atoms with Gasteiger partial charge in [0.05, 0.1) is 37.6 Å². The molecule has 1 fully saturated rings. The van der Waals surface area contributed by atoms with E-state index in [2.05, 4.69) is 60.9 Å². The van der Waals surface area contributed by atoms with Crippen LogP contribution in [-0.2, 0) is 33.5 Å². The average Bonchev–Trinajstić information content (AvgIpc) is 3.13. The van der Waals surface area contributed by atoms with Gasteiger partial charge in [0.1, 0.15) is 6.29 Å². The van der Waals surface area contributed by atoms with E-state index in [1.54, 1.807) is 0 Å². The van der Waals surface area contributed by atoms with Crippen molar-refractivity contribution in [3.63, 3.8) is 0 Å². The van der Waals surface area contributed by atoms with Gasteiger partial charge in [-0.15, -0.1) is 0 Å². The Kier molecular flexibility index (Phi) is 39.5. The fourth-order valence-electron chi connectivity index (χ4n) is 4.78. The Bertz CT molecular complexity index is 993. The highest BCUT2D eigenvalue weighted by atomic mass is 16.5. The number of carbonyl (C=O) groups is 6. The van der Waals surface area contributed by atoms with Gasteiger partial charge in [0.15, 0.2) is 0 Å². The molecule has 1 aliphatic carbocycles. The second-order valence-electron chi connectivity index (χ2n) is 13.2. The topological polar surface area (TPSA) is 172 Å². The molecule has 4 amide bonds. The maximum Gasteiger partial charge on any atom is 0.289 e. The first-order valence-corrected chi connectivity index (χ1v) is 19.4. The lowest BCUT2D eigenvalue weighted by Crippen LogP contribution is -2.48. The van der Waals surface area contributed by atoms with E-state index < -0.39 is 35.6 Å². The zero-order valence-corrected chi connectivity index (χ0v) is 34.9. The van der Waals surface area contributed by atoms with Crippen LogP contribution in [0.2, 0.25) is 0 Å². The highest BCUT2D eigenvalue weighted by Gasteiger charge is 2.26. The summed E-state index contributed by atoms with van der Waals surface area (Å²) in [7, 11) is 1.40. The Hall–Kier alpha value is -3.54. The first-order chi connectivity index (χ1) is 24.7. The lowest BCUT2D eigenvalue weighted by molar-refractivity contribution is -0.139. The smallest absolute Gasteiger partial charge is 0.289 e. The first kappa shape index (κ1) is 55.2. The third-order valence-corrected chi connectivity index (χ3v) is 7.62. The van der Waals surface area contributed by atoms with Gasteiger partial charge < -0.3 is 36.1 Å². The zero-order chi connectivity index (χ0) is 41.0. The van der Waals surface area contributed by atoms with E-state index in [-0.39, 0.29) is 17.5 Å². The second kappa shape index (κ2) is 37.2. The monoisotopic (exact) mass is 740 g/mol. The largest absolute Gasteiger partial charge is 0.504 e. The van der Waals surface area contributed by atoms with Crippen molar-refractivity contribution in [1.82, 2.24) is 26.6 Å². The van der Waals surface area contributed by atoms with Crippen LogP contribution in [0.3, 0.4) is 0 Å². The average molecular weight is 740 g/mol. The zero-order valence-electron chi connectivity index (χ0n) is 34.9. The molecule has 0 heterocycles. The summed E-state index contributed by atoms with van der Waals surface area (Å²) in [6.07, 6.45) is 15.1. The number of nitrogens with one attached hydrogen (secondary N) is 5. The van der Waals surface area contributed by atoms with E-state index in [0.29, 0.717) is 25.7 Å². The number of amides is 4. The molecular weight excluding hydrogens is 662 g/mol. The van der Waals surface area contributed by atoms with Crippen LogP contribution in [0.4, 0.5) is 0 Å². The van der Waals surface area contributed by atoms with Crippen LogP contribution in [0.1, 0.15) is 140 Å². The van der Waals surface area contributed by atoms with E-state index in [1.807, 2.05) is 48.5 Å². The number of hydrogen-bond acceptors (Lipinski definition) is 8. The van der Waals surface area contributed by atoms with Crippen molar-refractivity contribution in [1.29, 1.82) is 0 Å². The highest BCUT2D eigenvalue weighted by Crippen LogP contribution is 2.26. The van der Waals surface area contributed by atoms with E-state index in [4.69, 9.17) is 4.74 Å². The van der Waals surface area contributed by atoms with E-state index in [9.17, 15) is 28.8 Å². The maximum atomic E-state index is 11.7. The Morgan fingerprint density at radius 1 is 0.904 bits per heavy atom. The molecule has 304 valence electrons. The van der Waals surface area contributed by atoms with Crippen LogP contribution in [0.15, 0.2) is 24.5 Å². The van der Waals surface area contributed by atoms with Crippen LogP contribution in [-0.4, -0.2) is 81.1 Å². The third kappa shape index (κ3) is 29.1. The summed E-state index contributed by atoms with van der Waals surface area (Å²) in [5.74, 6) is -1.13. The summed E-state index contributed by atoms with van der Waals surface area (Å²) in [6.45, 7) is 27.1. The molecule has 0 aliphatic heterocycles. The molecule has 0 radical (unpaired) electrons. The molecule has 1 aliphatic rings. The fourth-order valence-corrected chi connectivity index (χ4v) is 4.78. The molecule has 1 saturated carbocycles. The van der Waals surface area contributed by atoms with Crippen LogP contribution in [0, 0.1) is 11.3 Å². The van der Waals surface area contributed by atoms with E-state index >= 15 is 0 Å². The van der Waals surface area contributed by atoms with Gasteiger partial charge in [-0.1, -0.05) is 127 Å². The first-order valence-electron chi connectivity index (χ1n) is 19.4. The number of unbranched alkanes of at least 4 members (excludes halogenated alkanes) is 1. The van der Waals surface area contributed by atoms with Crippen molar-refractivity contribution >= 4 is 36.2 Å². The minimum atomic E-state index is -0.691. The van der Waals surface area contributed by atoms with Crippen molar-refractivity contribution < 1.29 is 33.5 Å². The Morgan fingerprint density at radius 2 is 1.50 bits per heavy atom. The van der Waals surface area contributed by atoms with Crippen LogP contribution in [0.25, 0.3) is 0 Å². The lowest BCUT2D eigenvalue weighted by Gasteiger charge is -2.31. The number of methoxy groups -OCH3 is 1. The molecule has 3 unspecified atom stereocenters. The van der Waals surface area contributed by atoms with Crippen molar-refractivity contribution in [2.24, 2.45) is 11.3 Å². The minimum Gasteiger partial charge on any atom is -0.504 e. The number of carbonyl (C=O) groups excluding carboxylic acids is 6. The number of aldehydes is 1. The predicted molar refractivity (Wildman–Crippen MR) is 214 cm³/mol. The van der Waals surface area contributed by atoms with Crippen LogP contribution in [0.5, 0.6) is 0 Å². The Balaban J connectivity index is -0.000000321. The summed E-state index contributed by atoms with van der Waals surface area (Å²) in [5, 5.41) is 13.5. The minimum absolute atomic E-state index is 0.211. The third-order valence-electron chi connectivity index (χ3n) is 7.62. The summed E-state index contributed by atoms with van der Waals surface area (Å²) >= 11 is 0. The molecule has 0 aromatic heterocycles. The number of hydrogen-bond donors (Lipinski definition) is 5. The number of ether oxygens (including phenoxy) is 1. The molecule has 4 atom stereocenters. The molecule has 0 spiro atoms. The van der Waals surface area contributed by atoms with Gasteiger partial charge in [0, 0.05) is 12.6 Å². The molecule has 5 N–H and O–H groups in total. The quantitative estimate of drug-likeness (QED) is 0.0271. The molecule has 0 aromatic rings. The number of ketones is 1. The van der Waals surface area contributed by atoms with Crippen molar-refractivity contribution in [3.8, 4) is 0 Å². The van der Waals surface area contributed by atoms with E-state index in [1.165, 1.54) is 58.0 Å². The summed E-state index contributed by atoms with van der Waals surface area (Å²) in [5.41, 5.74) is -0.174. The molecule has 52 heavy (non-hydrogen) atoms. The molecule has 0 saturated heterocycles. The van der Waals surface area contributed by atoms with Gasteiger partial charge in [0.2, 0.25) is 18.1 Å². The lowest BCUT2D eigenvalue weighted by atomic mass is 9.83. The van der Waals surface area contributed by atoms with E-state index in [0.717, 1.165) is 37.8 Å². The standard InChI is InChI=1S/C14H22N2O4.C11H20N2O3.C10H21N.C3H8.C2H6/c1-6-10(9-20-5)13(19)15-7-12(18)16-11(8-17)14(2,3)4;1-3-5-7-12-11(16)10(15)9(6-4-2)13-8-14;1-3-9-7-5-6-8-10(9)11-4-2;1-3-2;1-2/h6,8-9,11H,1,7H2,2-5H3,(H,15,19)(H,16,18);8-9H,3-7H2,1-2H3,(H,12,16)(H,13,14);9-11H,3-8H2,1-2H3;3H2,1-2H3;1-2H3/b10-9+;;;;/t;9-;;;/m.0.../s1. The summed E-state index contributed by atoms with van der Waals surface area (Å²) < 4.78 is 4.71. The normalized spacial score (nSPS) is 15.9. The summed E-state index contributed by atoms with van der Waals surface area (Å²) in [4.78, 5) is 67.5. The van der Waals surface area contributed by atoms with Gasteiger partial charge in [-0.2, -0.15) is 0 Å².